The van der Waals surface area contributed by atoms with Crippen LogP contribution in [0.4, 0.5) is 0 Å². The molecule has 0 spiro atoms. The van der Waals surface area contributed by atoms with E-state index in [0.717, 1.165) is 44.4 Å². The Morgan fingerprint density at radius 1 is 1.17 bits per heavy atom. The van der Waals surface area contributed by atoms with Crippen molar-refractivity contribution in [3.05, 3.63) is 11.6 Å². The second kappa shape index (κ2) is 5.59. The Hall–Kier alpha value is -0.830. The Bertz CT molecular complexity index is 567. The van der Waals surface area contributed by atoms with Crippen LogP contribution in [-0.4, -0.2) is 24.3 Å². The smallest absolute Gasteiger partial charge is 0.309 e. The summed E-state index contributed by atoms with van der Waals surface area (Å²) in [7, 11) is 1.54. The maximum absolute atomic E-state index is 12.3. The quantitative estimate of drug-likeness (QED) is 0.581. The first-order valence-corrected chi connectivity index (χ1v) is 9.85. The molecule has 7 atom stereocenters. The number of allylic oxidation sites excluding steroid dienone is 1. The van der Waals surface area contributed by atoms with Crippen molar-refractivity contribution in [2.75, 3.05) is 7.11 Å². The van der Waals surface area contributed by atoms with E-state index in [9.17, 15) is 9.90 Å². The number of hydrogen-bond donors (Lipinski definition) is 1. The molecule has 1 N–H and O–H groups in total. The number of aliphatic hydroxyl groups is 1. The van der Waals surface area contributed by atoms with Crippen LogP contribution in [0.1, 0.15) is 65.2 Å². The molecule has 0 saturated heterocycles. The fourth-order valence-corrected chi connectivity index (χ4v) is 7.17. The van der Waals surface area contributed by atoms with Gasteiger partial charge in [0.1, 0.15) is 0 Å². The molecule has 134 valence electrons. The summed E-state index contributed by atoms with van der Waals surface area (Å²) in [6.45, 7) is 4.81. The van der Waals surface area contributed by atoms with Gasteiger partial charge in [-0.25, -0.2) is 0 Å². The largest absolute Gasteiger partial charge is 0.469 e. The molecule has 3 fully saturated rings. The first-order chi connectivity index (χ1) is 11.4. The molecule has 3 nitrogen and oxygen atoms in total. The van der Waals surface area contributed by atoms with Gasteiger partial charge in [0.25, 0.3) is 0 Å². The average molecular weight is 332 g/mol. The van der Waals surface area contributed by atoms with Crippen molar-refractivity contribution >= 4 is 5.97 Å². The third-order valence-electron chi connectivity index (χ3n) is 8.56. The van der Waals surface area contributed by atoms with Crippen molar-refractivity contribution < 1.29 is 14.6 Å². The Morgan fingerprint density at radius 3 is 2.71 bits per heavy atom. The lowest BCUT2D eigenvalue weighted by Crippen LogP contribution is -2.51. The predicted molar refractivity (Wildman–Crippen MR) is 93.2 cm³/mol. The molecule has 0 aromatic rings. The van der Waals surface area contributed by atoms with Gasteiger partial charge in [-0.1, -0.05) is 25.5 Å². The summed E-state index contributed by atoms with van der Waals surface area (Å²) in [5, 5.41) is 10.1. The van der Waals surface area contributed by atoms with E-state index in [1.54, 1.807) is 0 Å². The SMILES string of the molecule is COC(=O)[C@H]1CC[C@@H]2[C@@H]3CC=C4C[C@@H](O)CC[C@]4(C)[C@@H]3CC[C@]12C. The van der Waals surface area contributed by atoms with Crippen LogP contribution in [-0.2, 0) is 9.53 Å². The minimum atomic E-state index is -0.134. The molecule has 0 radical (unpaired) electrons. The third-order valence-corrected chi connectivity index (χ3v) is 8.56. The maximum Gasteiger partial charge on any atom is 0.309 e. The summed E-state index contributed by atoms with van der Waals surface area (Å²) in [5.41, 5.74) is 1.94. The lowest BCUT2D eigenvalue weighted by atomic mass is 9.47. The highest BCUT2D eigenvalue weighted by Crippen LogP contribution is 2.66. The van der Waals surface area contributed by atoms with Gasteiger partial charge in [0.2, 0.25) is 0 Å². The van der Waals surface area contributed by atoms with Crippen LogP contribution in [0.2, 0.25) is 0 Å². The zero-order chi connectivity index (χ0) is 17.1. The van der Waals surface area contributed by atoms with Crippen molar-refractivity contribution in [2.24, 2.45) is 34.5 Å². The zero-order valence-electron chi connectivity index (χ0n) is 15.4. The van der Waals surface area contributed by atoms with E-state index in [1.807, 2.05) is 0 Å². The van der Waals surface area contributed by atoms with E-state index < -0.39 is 0 Å². The van der Waals surface area contributed by atoms with Crippen LogP contribution in [0.15, 0.2) is 11.6 Å². The minimum absolute atomic E-state index is 0.0116. The maximum atomic E-state index is 12.3. The van der Waals surface area contributed by atoms with E-state index in [1.165, 1.54) is 25.5 Å². The molecule has 4 rings (SSSR count). The molecule has 4 aliphatic carbocycles. The summed E-state index contributed by atoms with van der Waals surface area (Å²) >= 11 is 0. The molecule has 0 heterocycles. The topological polar surface area (TPSA) is 46.5 Å². The zero-order valence-corrected chi connectivity index (χ0v) is 15.4. The van der Waals surface area contributed by atoms with Crippen LogP contribution in [0.3, 0.4) is 0 Å². The highest BCUT2D eigenvalue weighted by atomic mass is 16.5. The van der Waals surface area contributed by atoms with Crippen LogP contribution in [0.25, 0.3) is 0 Å². The summed E-state index contributed by atoms with van der Waals surface area (Å²) in [5.74, 6) is 2.21. The number of esters is 1. The summed E-state index contributed by atoms with van der Waals surface area (Å²) in [6, 6.07) is 0. The van der Waals surface area contributed by atoms with Crippen LogP contribution in [0.5, 0.6) is 0 Å². The number of methoxy groups -OCH3 is 1. The number of fused-ring (bicyclic) bond motifs is 5. The number of hydrogen-bond acceptors (Lipinski definition) is 3. The van der Waals surface area contributed by atoms with E-state index >= 15 is 0 Å². The van der Waals surface area contributed by atoms with Crippen LogP contribution >= 0.6 is 0 Å². The van der Waals surface area contributed by atoms with Gasteiger partial charge >= 0.3 is 5.97 Å². The molecular weight excluding hydrogens is 300 g/mol. The van der Waals surface area contributed by atoms with Gasteiger partial charge < -0.3 is 9.84 Å². The summed E-state index contributed by atoms with van der Waals surface area (Å²) in [6.07, 6.45) is 11.0. The van der Waals surface area contributed by atoms with Gasteiger partial charge in [-0.15, -0.1) is 0 Å². The second-order valence-electron chi connectivity index (χ2n) is 9.35. The van der Waals surface area contributed by atoms with Gasteiger partial charge in [0.15, 0.2) is 0 Å². The Balaban J connectivity index is 1.64. The number of carbonyl (C=O) groups is 1. The second-order valence-corrected chi connectivity index (χ2v) is 9.35. The van der Waals surface area contributed by atoms with Crippen molar-refractivity contribution in [2.45, 2.75) is 71.3 Å². The van der Waals surface area contributed by atoms with E-state index in [4.69, 9.17) is 4.74 Å². The standard InChI is InChI=1S/C21H32O3/c1-20-10-8-14(22)12-13(20)4-5-15-16-6-7-18(19(23)24-3)21(16,2)11-9-17(15)20/h4,14-18,22H,5-12H2,1-3H3/t14-,15-,16+,17+,18+,20-,21-/m0/s1. The van der Waals surface area contributed by atoms with E-state index in [0.29, 0.717) is 11.8 Å². The highest BCUT2D eigenvalue weighted by molar-refractivity contribution is 5.73. The fourth-order valence-electron chi connectivity index (χ4n) is 7.17. The molecule has 0 bridgehead atoms. The molecule has 0 aromatic carbocycles. The summed E-state index contributed by atoms with van der Waals surface area (Å²) < 4.78 is 5.12. The molecule has 0 aromatic heterocycles. The lowest BCUT2D eigenvalue weighted by Gasteiger charge is -2.57. The van der Waals surface area contributed by atoms with Gasteiger partial charge in [0.05, 0.1) is 19.1 Å². The molecule has 24 heavy (non-hydrogen) atoms. The average Bonchev–Trinajstić information content (AvgIpc) is 2.92. The van der Waals surface area contributed by atoms with Crippen LogP contribution < -0.4 is 0 Å². The number of ether oxygens (including phenoxy) is 1. The number of carbonyl (C=O) groups excluding carboxylic acids is 1. The van der Waals surface area contributed by atoms with Gasteiger partial charge in [-0.2, -0.15) is 0 Å². The van der Waals surface area contributed by atoms with Crippen molar-refractivity contribution in [1.29, 1.82) is 0 Å². The predicted octanol–water partition coefficient (Wildman–Crippen LogP) is 4.10. The van der Waals surface area contributed by atoms with Crippen molar-refractivity contribution in [3.63, 3.8) is 0 Å². The monoisotopic (exact) mass is 332 g/mol. The number of rotatable bonds is 1. The van der Waals surface area contributed by atoms with Crippen molar-refractivity contribution in [1.82, 2.24) is 0 Å². The molecule has 0 aliphatic heterocycles. The van der Waals surface area contributed by atoms with Gasteiger partial charge in [-0.3, -0.25) is 4.79 Å². The molecule has 3 heteroatoms. The Labute approximate surface area is 145 Å². The van der Waals surface area contributed by atoms with E-state index in [-0.39, 0.29) is 28.8 Å². The highest BCUT2D eigenvalue weighted by Gasteiger charge is 2.60. The normalized spacial score (nSPS) is 50.3. The van der Waals surface area contributed by atoms with E-state index in [2.05, 4.69) is 19.9 Å². The molecular formula is C21H32O3. The summed E-state index contributed by atoms with van der Waals surface area (Å²) in [4.78, 5) is 12.3. The lowest BCUT2D eigenvalue weighted by molar-refractivity contribution is -0.152. The Morgan fingerprint density at radius 2 is 1.96 bits per heavy atom. The van der Waals surface area contributed by atoms with Crippen molar-refractivity contribution in [3.8, 4) is 0 Å². The van der Waals surface area contributed by atoms with Gasteiger partial charge in [0, 0.05) is 0 Å². The Kier molecular flexibility index (Phi) is 3.87. The molecule has 0 amide bonds. The fraction of sp³-hybridized carbons (Fsp3) is 0.857. The first kappa shape index (κ1) is 16.6. The molecule has 0 unspecified atom stereocenters. The molecule has 3 saturated carbocycles. The number of aliphatic hydroxyl groups excluding tert-OH is 1. The van der Waals surface area contributed by atoms with Crippen LogP contribution in [0, 0.1) is 34.5 Å². The minimum Gasteiger partial charge on any atom is -0.469 e. The first-order valence-electron chi connectivity index (χ1n) is 9.85. The van der Waals surface area contributed by atoms with Gasteiger partial charge in [-0.05, 0) is 80.0 Å². The third kappa shape index (κ3) is 2.16. The molecule has 4 aliphatic rings.